The second kappa shape index (κ2) is 6.11. The SMILES string of the molecule is CCOC1CCN(C(=O)c2cnc(Cl)cn2)CC1. The van der Waals surface area contributed by atoms with Crippen molar-refractivity contribution >= 4 is 17.5 Å². The third-order valence-corrected chi connectivity index (χ3v) is 3.17. The molecule has 6 heteroatoms. The molecule has 0 aliphatic carbocycles. The lowest BCUT2D eigenvalue weighted by Crippen LogP contribution is -2.41. The molecular formula is C12H16ClN3O2. The Hall–Kier alpha value is -1.20. The monoisotopic (exact) mass is 269 g/mol. The first kappa shape index (κ1) is 13.2. The molecule has 1 aromatic rings. The fourth-order valence-electron chi connectivity index (χ4n) is 2.05. The van der Waals surface area contributed by atoms with Crippen LogP contribution in [0.15, 0.2) is 12.4 Å². The van der Waals surface area contributed by atoms with Crippen LogP contribution in [0.25, 0.3) is 0 Å². The number of halogens is 1. The molecule has 0 N–H and O–H groups in total. The van der Waals surface area contributed by atoms with Crippen molar-refractivity contribution in [1.29, 1.82) is 0 Å². The molecule has 0 aromatic carbocycles. The van der Waals surface area contributed by atoms with Gasteiger partial charge in [-0.1, -0.05) is 11.6 Å². The highest BCUT2D eigenvalue weighted by Gasteiger charge is 2.24. The van der Waals surface area contributed by atoms with Gasteiger partial charge >= 0.3 is 0 Å². The Balaban J connectivity index is 1.93. The maximum absolute atomic E-state index is 12.1. The van der Waals surface area contributed by atoms with Crippen molar-refractivity contribution in [2.75, 3.05) is 19.7 Å². The van der Waals surface area contributed by atoms with E-state index in [-0.39, 0.29) is 12.0 Å². The fraction of sp³-hybridized carbons (Fsp3) is 0.583. The summed E-state index contributed by atoms with van der Waals surface area (Å²) in [5.74, 6) is -0.0888. The molecule has 0 bridgehead atoms. The van der Waals surface area contributed by atoms with Gasteiger partial charge in [-0.15, -0.1) is 0 Å². The number of piperidine rings is 1. The largest absolute Gasteiger partial charge is 0.378 e. The molecular weight excluding hydrogens is 254 g/mol. The van der Waals surface area contributed by atoms with Crippen molar-refractivity contribution in [3.63, 3.8) is 0 Å². The Kier molecular flexibility index (Phi) is 4.49. The predicted molar refractivity (Wildman–Crippen MR) is 67.6 cm³/mol. The summed E-state index contributed by atoms with van der Waals surface area (Å²) >= 11 is 5.64. The van der Waals surface area contributed by atoms with Crippen LogP contribution in [-0.2, 0) is 4.74 Å². The Morgan fingerprint density at radius 2 is 2.17 bits per heavy atom. The Morgan fingerprint density at radius 1 is 1.44 bits per heavy atom. The van der Waals surface area contributed by atoms with E-state index in [1.807, 2.05) is 6.92 Å². The Morgan fingerprint density at radius 3 is 2.72 bits per heavy atom. The van der Waals surface area contributed by atoms with E-state index in [0.29, 0.717) is 23.9 Å². The molecule has 1 aliphatic heterocycles. The lowest BCUT2D eigenvalue weighted by molar-refractivity contribution is 0.0144. The van der Waals surface area contributed by atoms with E-state index >= 15 is 0 Å². The number of nitrogens with zero attached hydrogens (tertiary/aromatic N) is 3. The molecule has 2 heterocycles. The van der Waals surface area contributed by atoms with E-state index < -0.39 is 0 Å². The van der Waals surface area contributed by atoms with Crippen molar-refractivity contribution in [3.8, 4) is 0 Å². The number of rotatable bonds is 3. The van der Waals surface area contributed by atoms with Crippen LogP contribution in [0.3, 0.4) is 0 Å². The maximum Gasteiger partial charge on any atom is 0.274 e. The molecule has 98 valence electrons. The molecule has 5 nitrogen and oxygen atoms in total. The van der Waals surface area contributed by atoms with E-state index in [2.05, 4.69) is 9.97 Å². The maximum atomic E-state index is 12.1. The first-order chi connectivity index (χ1) is 8.70. The predicted octanol–water partition coefficient (Wildman–Crippen LogP) is 1.77. The van der Waals surface area contributed by atoms with Gasteiger partial charge in [0.2, 0.25) is 0 Å². The lowest BCUT2D eigenvalue weighted by atomic mass is 10.1. The van der Waals surface area contributed by atoms with Crippen LogP contribution >= 0.6 is 11.6 Å². The van der Waals surface area contributed by atoms with Crippen LogP contribution in [-0.4, -0.2) is 46.6 Å². The van der Waals surface area contributed by atoms with Crippen molar-refractivity contribution < 1.29 is 9.53 Å². The van der Waals surface area contributed by atoms with Crippen molar-refractivity contribution in [1.82, 2.24) is 14.9 Å². The molecule has 0 spiro atoms. The number of hydrogen-bond acceptors (Lipinski definition) is 4. The van der Waals surface area contributed by atoms with Gasteiger partial charge in [-0.25, -0.2) is 9.97 Å². The highest BCUT2D eigenvalue weighted by Crippen LogP contribution is 2.15. The normalized spacial score (nSPS) is 16.9. The summed E-state index contributed by atoms with van der Waals surface area (Å²) < 4.78 is 5.55. The van der Waals surface area contributed by atoms with E-state index in [1.165, 1.54) is 12.4 Å². The quantitative estimate of drug-likeness (QED) is 0.839. The number of ether oxygens (including phenoxy) is 1. The molecule has 0 atom stereocenters. The van der Waals surface area contributed by atoms with Gasteiger partial charge in [0.05, 0.1) is 18.5 Å². The molecule has 1 aliphatic rings. The highest BCUT2D eigenvalue weighted by molar-refractivity contribution is 6.29. The minimum atomic E-state index is -0.0888. The third-order valence-electron chi connectivity index (χ3n) is 2.97. The minimum absolute atomic E-state index is 0.0888. The lowest BCUT2D eigenvalue weighted by Gasteiger charge is -2.31. The molecule has 1 aromatic heterocycles. The average molecular weight is 270 g/mol. The van der Waals surface area contributed by atoms with Crippen molar-refractivity contribution in [2.24, 2.45) is 0 Å². The zero-order valence-corrected chi connectivity index (χ0v) is 11.1. The van der Waals surface area contributed by atoms with Gasteiger partial charge in [-0.05, 0) is 19.8 Å². The number of carbonyl (C=O) groups excluding carboxylic acids is 1. The molecule has 1 saturated heterocycles. The van der Waals surface area contributed by atoms with Gasteiger partial charge in [0.25, 0.3) is 5.91 Å². The van der Waals surface area contributed by atoms with E-state index in [9.17, 15) is 4.79 Å². The molecule has 0 radical (unpaired) electrons. The Bertz CT molecular complexity index is 402. The van der Waals surface area contributed by atoms with Crippen molar-refractivity contribution in [2.45, 2.75) is 25.9 Å². The van der Waals surface area contributed by atoms with Gasteiger partial charge in [0.15, 0.2) is 0 Å². The number of carbonyl (C=O) groups is 1. The minimum Gasteiger partial charge on any atom is -0.378 e. The molecule has 1 amide bonds. The van der Waals surface area contributed by atoms with Crippen LogP contribution in [0.4, 0.5) is 0 Å². The Labute approximate surface area is 111 Å². The summed E-state index contributed by atoms with van der Waals surface area (Å²) in [6, 6.07) is 0. The summed E-state index contributed by atoms with van der Waals surface area (Å²) in [4.78, 5) is 21.8. The first-order valence-electron chi connectivity index (χ1n) is 6.09. The smallest absolute Gasteiger partial charge is 0.274 e. The first-order valence-corrected chi connectivity index (χ1v) is 6.47. The molecule has 0 unspecified atom stereocenters. The van der Waals surface area contributed by atoms with Crippen LogP contribution in [0, 0.1) is 0 Å². The topological polar surface area (TPSA) is 55.3 Å². The van der Waals surface area contributed by atoms with Gasteiger partial charge in [-0.3, -0.25) is 4.79 Å². The molecule has 18 heavy (non-hydrogen) atoms. The summed E-state index contributed by atoms with van der Waals surface area (Å²) in [7, 11) is 0. The zero-order valence-electron chi connectivity index (χ0n) is 10.3. The second-order valence-corrected chi connectivity index (χ2v) is 4.56. The average Bonchev–Trinajstić information content (AvgIpc) is 2.40. The fourth-order valence-corrected chi connectivity index (χ4v) is 2.14. The molecule has 1 fully saturated rings. The van der Waals surface area contributed by atoms with Gasteiger partial charge < -0.3 is 9.64 Å². The third kappa shape index (κ3) is 3.17. The summed E-state index contributed by atoms with van der Waals surface area (Å²) in [6.07, 6.45) is 4.83. The summed E-state index contributed by atoms with van der Waals surface area (Å²) in [5.41, 5.74) is 0.342. The van der Waals surface area contributed by atoms with Crippen molar-refractivity contribution in [3.05, 3.63) is 23.2 Å². The van der Waals surface area contributed by atoms with E-state index in [1.54, 1.807) is 4.90 Å². The van der Waals surface area contributed by atoms with Gasteiger partial charge in [-0.2, -0.15) is 0 Å². The standard InChI is InChI=1S/C12H16ClN3O2/c1-2-18-9-3-5-16(6-4-9)12(17)10-7-15-11(13)8-14-10/h7-9H,2-6H2,1H3. The second-order valence-electron chi connectivity index (χ2n) is 4.17. The number of amides is 1. The highest BCUT2D eigenvalue weighted by atomic mass is 35.5. The molecule has 0 saturated carbocycles. The molecule has 2 rings (SSSR count). The van der Waals surface area contributed by atoms with E-state index in [0.717, 1.165) is 19.4 Å². The summed E-state index contributed by atoms with van der Waals surface area (Å²) in [6.45, 7) is 4.11. The van der Waals surface area contributed by atoms with Gasteiger partial charge in [0, 0.05) is 19.7 Å². The van der Waals surface area contributed by atoms with Gasteiger partial charge in [0.1, 0.15) is 10.8 Å². The van der Waals surface area contributed by atoms with Crippen LogP contribution < -0.4 is 0 Å². The number of hydrogen-bond donors (Lipinski definition) is 0. The number of aromatic nitrogens is 2. The van der Waals surface area contributed by atoms with Crippen LogP contribution in [0.1, 0.15) is 30.3 Å². The zero-order chi connectivity index (χ0) is 13.0. The van der Waals surface area contributed by atoms with Crippen LogP contribution in [0.2, 0.25) is 5.15 Å². The van der Waals surface area contributed by atoms with E-state index in [4.69, 9.17) is 16.3 Å². The van der Waals surface area contributed by atoms with Crippen LogP contribution in [0.5, 0.6) is 0 Å². The summed E-state index contributed by atoms with van der Waals surface area (Å²) in [5, 5.41) is 0.293. The number of likely N-dealkylation sites (tertiary alicyclic amines) is 1.